The molecule has 12 nitrogen and oxygen atoms in total. The lowest BCUT2D eigenvalue weighted by atomic mass is 9.71. The third kappa shape index (κ3) is 22.4. The summed E-state index contributed by atoms with van der Waals surface area (Å²) >= 11 is 0. The number of benzene rings is 2. The number of hydrogen-bond donors (Lipinski definition) is 3. The van der Waals surface area contributed by atoms with Crippen molar-refractivity contribution in [1.82, 2.24) is 0 Å². The highest BCUT2D eigenvalue weighted by molar-refractivity contribution is 6.01. The zero-order valence-electron chi connectivity index (χ0n) is 45.3. The van der Waals surface area contributed by atoms with Gasteiger partial charge in [0.2, 0.25) is 0 Å². The summed E-state index contributed by atoms with van der Waals surface area (Å²) in [6, 6.07) is 10.9. The molecule has 398 valence electrons. The zero-order chi connectivity index (χ0) is 55.9. The molecule has 2 aromatic carbocycles. The number of carbonyl (C=O) groups is 6. The summed E-state index contributed by atoms with van der Waals surface area (Å²) in [7, 11) is 0. The SMILES string of the molecule is CC(C)=C(/C=C/C(C)=C/C=C/C(C)=C/C=C/C=C(C)/C=C/C=C(C)/C=C/C1=C(C)C(=O)C(OC(=O)CCC(=O)O)CC1(C)C)C(C)(C)CC(C=O)OC(=O)CCC(=O)Oc1ccc(/C=C/c2cc(O)cc(O)c2)cc1. The van der Waals surface area contributed by atoms with E-state index in [0.29, 0.717) is 29.6 Å². The van der Waals surface area contributed by atoms with Gasteiger partial charge in [-0.1, -0.05) is 165 Å². The number of esters is 3. The highest BCUT2D eigenvalue weighted by Gasteiger charge is 2.40. The molecule has 0 heterocycles. The van der Waals surface area contributed by atoms with Crippen LogP contribution in [-0.2, 0) is 38.2 Å². The van der Waals surface area contributed by atoms with Crippen LogP contribution in [0.15, 0.2) is 172 Å². The maximum absolute atomic E-state index is 13.1. The van der Waals surface area contributed by atoms with Crippen LogP contribution in [0.5, 0.6) is 17.2 Å². The van der Waals surface area contributed by atoms with E-state index in [2.05, 4.69) is 0 Å². The monoisotopic (exact) mass is 1020 g/mol. The molecule has 0 aliphatic heterocycles. The first kappa shape index (κ1) is 61.4. The number of phenolic OH excluding ortho intramolecular Hbond substituents is 2. The van der Waals surface area contributed by atoms with Gasteiger partial charge in [0.05, 0.1) is 25.7 Å². The lowest BCUT2D eigenvalue weighted by molar-refractivity contribution is -0.157. The van der Waals surface area contributed by atoms with Crippen molar-refractivity contribution in [2.45, 2.75) is 127 Å². The normalized spacial score (nSPS) is 16.5. The average Bonchev–Trinajstić information content (AvgIpc) is 3.32. The van der Waals surface area contributed by atoms with Crippen molar-refractivity contribution in [3.8, 4) is 17.2 Å². The van der Waals surface area contributed by atoms with Gasteiger partial charge in [0.25, 0.3) is 0 Å². The predicted molar refractivity (Wildman–Crippen MR) is 296 cm³/mol. The topological polar surface area (TPSA) is 191 Å². The summed E-state index contributed by atoms with van der Waals surface area (Å²) in [4.78, 5) is 73.4. The lowest BCUT2D eigenvalue weighted by Gasteiger charge is -2.36. The van der Waals surface area contributed by atoms with Crippen LogP contribution in [0, 0.1) is 10.8 Å². The lowest BCUT2D eigenvalue weighted by Crippen LogP contribution is -2.39. The van der Waals surface area contributed by atoms with Crippen LogP contribution in [-0.4, -0.2) is 63.5 Å². The van der Waals surface area contributed by atoms with Crippen molar-refractivity contribution in [3.63, 3.8) is 0 Å². The first-order chi connectivity index (χ1) is 35.3. The Kier molecular flexibility index (Phi) is 24.4. The van der Waals surface area contributed by atoms with Gasteiger partial charge in [-0.2, -0.15) is 0 Å². The smallest absolute Gasteiger partial charge is 0.311 e. The molecule has 0 aromatic heterocycles. The van der Waals surface area contributed by atoms with Crippen LogP contribution in [0.25, 0.3) is 12.2 Å². The fraction of sp³-hybridized carbons (Fsp3) is 0.333. The molecule has 0 spiro atoms. The summed E-state index contributed by atoms with van der Waals surface area (Å²) in [6.07, 6.45) is 29.4. The molecule has 2 unspecified atom stereocenters. The molecule has 3 N–H and O–H groups in total. The van der Waals surface area contributed by atoms with Crippen LogP contribution in [0.2, 0.25) is 0 Å². The fourth-order valence-corrected chi connectivity index (χ4v) is 8.16. The maximum atomic E-state index is 13.1. The van der Waals surface area contributed by atoms with E-state index in [4.69, 9.17) is 19.3 Å². The molecule has 0 radical (unpaired) electrons. The summed E-state index contributed by atoms with van der Waals surface area (Å²) in [5.41, 5.74) is 7.93. The van der Waals surface area contributed by atoms with E-state index < -0.39 is 46.9 Å². The second-order valence-corrected chi connectivity index (χ2v) is 20.1. The number of aromatic hydroxyl groups is 2. The molecule has 1 aliphatic carbocycles. The second kappa shape index (κ2) is 29.7. The van der Waals surface area contributed by atoms with Gasteiger partial charge in [-0.3, -0.25) is 28.8 Å². The van der Waals surface area contributed by atoms with Gasteiger partial charge in [-0.05, 0) is 111 Å². The maximum Gasteiger partial charge on any atom is 0.311 e. The first-order valence-electron chi connectivity index (χ1n) is 24.9. The molecular weight excluding hydrogens is 949 g/mol. The van der Waals surface area contributed by atoms with E-state index in [-0.39, 0.29) is 49.4 Å². The highest BCUT2D eigenvalue weighted by atomic mass is 16.6. The Labute approximate surface area is 443 Å². The number of carboxylic acids is 1. The fourth-order valence-electron chi connectivity index (χ4n) is 8.16. The number of ether oxygens (including phenoxy) is 3. The number of rotatable bonds is 25. The van der Waals surface area contributed by atoms with E-state index in [0.717, 1.165) is 44.6 Å². The van der Waals surface area contributed by atoms with E-state index in [1.165, 1.54) is 18.2 Å². The minimum atomic E-state index is -1.10. The van der Waals surface area contributed by atoms with E-state index >= 15 is 0 Å². The number of Topliss-reactive ketones (excluding diaryl/α,β-unsaturated/α-hetero) is 1. The van der Waals surface area contributed by atoms with Gasteiger partial charge in [-0.25, -0.2) is 0 Å². The third-order valence-electron chi connectivity index (χ3n) is 12.1. The first-order valence-corrected chi connectivity index (χ1v) is 24.9. The van der Waals surface area contributed by atoms with Crippen molar-refractivity contribution in [2.75, 3.05) is 0 Å². The number of aldehydes is 1. The third-order valence-corrected chi connectivity index (χ3v) is 12.1. The van der Waals surface area contributed by atoms with Gasteiger partial charge < -0.3 is 29.5 Å². The van der Waals surface area contributed by atoms with Crippen molar-refractivity contribution >= 4 is 48.1 Å². The molecule has 2 atom stereocenters. The van der Waals surface area contributed by atoms with Crippen LogP contribution in [0.1, 0.15) is 126 Å². The largest absolute Gasteiger partial charge is 0.508 e. The van der Waals surface area contributed by atoms with Gasteiger partial charge in [0.15, 0.2) is 24.3 Å². The number of allylic oxidation sites excluding steroid dienone is 21. The molecule has 12 heteroatoms. The zero-order valence-corrected chi connectivity index (χ0v) is 45.3. The molecule has 0 bridgehead atoms. The highest BCUT2D eigenvalue weighted by Crippen LogP contribution is 2.41. The molecule has 75 heavy (non-hydrogen) atoms. The Bertz CT molecular complexity index is 2760. The van der Waals surface area contributed by atoms with Crippen LogP contribution in [0.4, 0.5) is 0 Å². The Morgan fingerprint density at radius 1 is 0.680 bits per heavy atom. The Balaban J connectivity index is 1.48. The van der Waals surface area contributed by atoms with Crippen molar-refractivity contribution in [3.05, 3.63) is 183 Å². The van der Waals surface area contributed by atoms with E-state index in [9.17, 15) is 39.0 Å². The summed E-state index contributed by atoms with van der Waals surface area (Å²) in [5.74, 6) is -3.19. The van der Waals surface area contributed by atoms with Gasteiger partial charge in [0.1, 0.15) is 17.2 Å². The number of hydrogen-bond acceptors (Lipinski definition) is 11. The van der Waals surface area contributed by atoms with Crippen molar-refractivity contribution in [2.24, 2.45) is 10.8 Å². The van der Waals surface area contributed by atoms with Gasteiger partial charge in [-0.15, -0.1) is 0 Å². The molecule has 0 amide bonds. The van der Waals surface area contributed by atoms with Gasteiger partial charge >= 0.3 is 23.9 Å². The summed E-state index contributed by atoms with van der Waals surface area (Å²) in [5, 5.41) is 28.2. The number of carbonyl (C=O) groups excluding carboxylic acids is 5. The van der Waals surface area contributed by atoms with E-state index in [1.54, 1.807) is 43.3 Å². The van der Waals surface area contributed by atoms with Crippen molar-refractivity contribution < 1.29 is 58.3 Å². The van der Waals surface area contributed by atoms with Gasteiger partial charge in [0, 0.05) is 18.9 Å². The Morgan fingerprint density at radius 2 is 1.20 bits per heavy atom. The molecular formula is C63H74O12. The van der Waals surface area contributed by atoms with Crippen LogP contribution < -0.4 is 4.74 Å². The minimum Gasteiger partial charge on any atom is -0.508 e. The molecule has 2 aromatic rings. The summed E-state index contributed by atoms with van der Waals surface area (Å²) in [6.45, 7) is 21.7. The molecule has 1 aliphatic rings. The number of carboxylic acid groups (broad SMARTS) is 1. The predicted octanol–water partition coefficient (Wildman–Crippen LogP) is 13.5. The van der Waals surface area contributed by atoms with Crippen LogP contribution in [0.3, 0.4) is 0 Å². The quantitative estimate of drug-likeness (QED) is 0.0281. The second-order valence-electron chi connectivity index (χ2n) is 20.1. The van der Waals surface area contributed by atoms with Crippen LogP contribution >= 0.6 is 0 Å². The summed E-state index contributed by atoms with van der Waals surface area (Å²) < 4.78 is 16.3. The minimum absolute atomic E-state index is 0.0554. The molecule has 0 fully saturated rings. The Hall–Kier alpha value is -7.86. The molecule has 0 saturated heterocycles. The van der Waals surface area contributed by atoms with E-state index in [1.807, 2.05) is 154 Å². The standard InChI is InChI=1S/C63H74O12/c1-42(2)54(62(8,9)39-53(41-64)74-59(70)35-34-58(69)73-52-28-26-48(27-29-52)24-25-49-36-50(65)38-51(66)37-49)30-22-45(5)20-14-18-43(3)16-12-13-17-44(4)19-15-21-46(6)23-31-55-47(7)61(72)56(40-63(55,10)11)75-60(71)33-32-57(67)68/h12-31,36-38,41,53,56,65-66H,32-35,39-40H2,1-11H3,(H,67,68)/b13-12+,18-14+,19-15+,25-24+,30-22+,31-23+,43-16+,44-17+,45-20+,46-21+. The molecule has 0 saturated carbocycles. The van der Waals surface area contributed by atoms with Crippen molar-refractivity contribution in [1.29, 1.82) is 0 Å². The average molecular weight is 1020 g/mol. The molecule has 3 rings (SSSR count). The number of aliphatic carboxylic acids is 1. The number of phenols is 2. The number of ketones is 1. The Morgan fingerprint density at radius 3 is 1.76 bits per heavy atom.